The minimum atomic E-state index is -0.0533. The van der Waals surface area contributed by atoms with Crippen molar-refractivity contribution in [2.24, 2.45) is 0 Å². The van der Waals surface area contributed by atoms with Crippen molar-refractivity contribution in [1.82, 2.24) is 9.88 Å². The third-order valence-corrected chi connectivity index (χ3v) is 6.69. The molecule has 2 aromatic carbocycles. The van der Waals surface area contributed by atoms with Crippen molar-refractivity contribution in [3.63, 3.8) is 0 Å². The van der Waals surface area contributed by atoms with Gasteiger partial charge in [-0.25, -0.2) is 4.98 Å². The molecule has 0 saturated heterocycles. The molecule has 0 unspecified atom stereocenters. The maximum atomic E-state index is 13.4. The first-order chi connectivity index (χ1) is 13.4. The molecular weight excluding hydrogens is 493 g/mol. The summed E-state index contributed by atoms with van der Waals surface area (Å²) in [6.45, 7) is 9.52. The summed E-state index contributed by atoms with van der Waals surface area (Å²) in [5.41, 5.74) is 2.55. The lowest BCUT2D eigenvalue weighted by molar-refractivity contribution is 0.0983. The summed E-state index contributed by atoms with van der Waals surface area (Å²) in [7, 11) is 0. The Morgan fingerprint density at radius 2 is 1.86 bits per heavy atom. The minimum Gasteiger partial charge on any atom is -0.302 e. The van der Waals surface area contributed by atoms with Crippen molar-refractivity contribution < 1.29 is 4.79 Å². The summed E-state index contributed by atoms with van der Waals surface area (Å²) in [5, 5.41) is 1.39. The van der Waals surface area contributed by atoms with Gasteiger partial charge in [-0.05, 0) is 65.8 Å². The molecule has 1 amide bonds. The molecule has 0 aliphatic carbocycles. The number of rotatable bonds is 7. The Labute approximate surface area is 195 Å². The van der Waals surface area contributed by atoms with Crippen molar-refractivity contribution in [2.45, 2.75) is 20.8 Å². The molecule has 4 nitrogen and oxygen atoms in total. The van der Waals surface area contributed by atoms with Crippen LogP contribution in [0.25, 0.3) is 10.2 Å². The fourth-order valence-electron chi connectivity index (χ4n) is 3.10. The number of carbonyl (C=O) groups excluding carboxylic acids is 1. The lowest BCUT2D eigenvalue weighted by Crippen LogP contribution is -2.39. The standard InChI is InChI=1S/C21H23BrClN3OS.ClH/c1-4-25(5-2)10-11-26(20(27)16-8-6-7-9-17(16)22)21-24-19-14(3)12-15(23)13-18(19)28-21;/h6-9,12-13H,4-5,10-11H2,1-3H3;1H. The molecule has 3 aromatic rings. The third-order valence-electron chi connectivity index (χ3n) is 4.75. The summed E-state index contributed by atoms with van der Waals surface area (Å²) in [5.74, 6) is -0.0533. The molecule has 29 heavy (non-hydrogen) atoms. The Bertz CT molecular complexity index is 991. The van der Waals surface area contributed by atoms with E-state index in [1.807, 2.05) is 43.3 Å². The largest absolute Gasteiger partial charge is 0.302 e. The second-order valence-electron chi connectivity index (χ2n) is 6.53. The van der Waals surface area contributed by atoms with E-state index in [2.05, 4.69) is 34.7 Å². The summed E-state index contributed by atoms with van der Waals surface area (Å²) < 4.78 is 1.78. The molecule has 156 valence electrons. The van der Waals surface area contributed by atoms with E-state index in [4.69, 9.17) is 16.6 Å². The van der Waals surface area contributed by atoms with Crippen LogP contribution in [0.3, 0.4) is 0 Å². The first-order valence-electron chi connectivity index (χ1n) is 9.30. The predicted molar refractivity (Wildman–Crippen MR) is 130 cm³/mol. The average molecular weight is 517 g/mol. The summed E-state index contributed by atoms with van der Waals surface area (Å²) >= 11 is 11.2. The molecule has 0 radical (unpaired) electrons. The number of benzene rings is 2. The quantitative estimate of drug-likeness (QED) is 0.363. The fraction of sp³-hybridized carbons (Fsp3) is 0.333. The Morgan fingerprint density at radius 3 is 2.52 bits per heavy atom. The lowest BCUT2D eigenvalue weighted by atomic mass is 10.2. The van der Waals surface area contributed by atoms with Gasteiger partial charge in [-0.1, -0.05) is 48.9 Å². The van der Waals surface area contributed by atoms with Gasteiger partial charge in [0.2, 0.25) is 0 Å². The predicted octanol–water partition coefficient (Wildman–Crippen LogP) is 6.43. The number of aryl methyl sites for hydroxylation is 1. The average Bonchev–Trinajstić information content (AvgIpc) is 3.09. The minimum absolute atomic E-state index is 0. The Hall–Kier alpha value is -1.18. The van der Waals surface area contributed by atoms with Gasteiger partial charge in [-0.15, -0.1) is 12.4 Å². The van der Waals surface area contributed by atoms with Crippen molar-refractivity contribution in [3.8, 4) is 0 Å². The normalized spacial score (nSPS) is 11.0. The van der Waals surface area contributed by atoms with Crippen LogP contribution in [0.2, 0.25) is 5.02 Å². The zero-order chi connectivity index (χ0) is 20.3. The van der Waals surface area contributed by atoms with Crippen LogP contribution in [-0.4, -0.2) is 42.0 Å². The number of nitrogens with zero attached hydrogens (tertiary/aromatic N) is 3. The van der Waals surface area contributed by atoms with E-state index >= 15 is 0 Å². The Kier molecular flexibility index (Phi) is 8.91. The molecule has 0 aliphatic rings. The molecule has 0 fully saturated rings. The molecule has 0 saturated carbocycles. The number of halogens is 3. The monoisotopic (exact) mass is 515 g/mol. The van der Waals surface area contributed by atoms with Gasteiger partial charge in [0.1, 0.15) is 0 Å². The van der Waals surface area contributed by atoms with Gasteiger partial charge in [-0.2, -0.15) is 0 Å². The molecule has 1 aromatic heterocycles. The van der Waals surface area contributed by atoms with Gasteiger partial charge in [0.05, 0.1) is 15.8 Å². The molecule has 0 bridgehead atoms. The molecule has 3 rings (SSSR count). The maximum absolute atomic E-state index is 13.4. The zero-order valence-corrected chi connectivity index (χ0v) is 20.6. The maximum Gasteiger partial charge on any atom is 0.261 e. The van der Waals surface area contributed by atoms with Crippen LogP contribution in [0.5, 0.6) is 0 Å². The van der Waals surface area contributed by atoms with Crippen LogP contribution in [0.4, 0.5) is 5.13 Å². The van der Waals surface area contributed by atoms with E-state index in [9.17, 15) is 4.79 Å². The third kappa shape index (κ3) is 5.50. The first kappa shape index (κ1) is 24.1. The highest BCUT2D eigenvalue weighted by Crippen LogP contribution is 2.34. The number of anilines is 1. The molecule has 1 heterocycles. The van der Waals surface area contributed by atoms with Gasteiger partial charge < -0.3 is 4.90 Å². The summed E-state index contributed by atoms with van der Waals surface area (Å²) in [6.07, 6.45) is 0. The van der Waals surface area contributed by atoms with E-state index in [1.54, 1.807) is 4.90 Å². The van der Waals surface area contributed by atoms with Gasteiger partial charge in [0, 0.05) is 22.6 Å². The highest BCUT2D eigenvalue weighted by atomic mass is 79.9. The second-order valence-corrected chi connectivity index (χ2v) is 8.83. The van der Waals surface area contributed by atoms with Crippen molar-refractivity contribution >= 4 is 72.5 Å². The Morgan fingerprint density at radius 1 is 1.17 bits per heavy atom. The molecule has 0 atom stereocenters. The molecule has 0 aliphatic heterocycles. The van der Waals surface area contributed by atoms with Crippen LogP contribution >= 0.6 is 51.3 Å². The van der Waals surface area contributed by atoms with Gasteiger partial charge in [0.15, 0.2) is 5.13 Å². The smallest absolute Gasteiger partial charge is 0.261 e. The number of amides is 1. The van der Waals surface area contributed by atoms with Crippen LogP contribution in [0, 0.1) is 6.92 Å². The highest BCUT2D eigenvalue weighted by molar-refractivity contribution is 9.10. The van der Waals surface area contributed by atoms with Crippen LogP contribution in [0.1, 0.15) is 29.8 Å². The van der Waals surface area contributed by atoms with Crippen LogP contribution < -0.4 is 4.90 Å². The molecule has 0 N–H and O–H groups in total. The number of likely N-dealkylation sites (N-methyl/N-ethyl adjacent to an activating group) is 1. The summed E-state index contributed by atoms with van der Waals surface area (Å²) in [6, 6.07) is 11.3. The van der Waals surface area contributed by atoms with Gasteiger partial charge in [-0.3, -0.25) is 9.69 Å². The number of aromatic nitrogens is 1. The number of thiazole rings is 1. The zero-order valence-electron chi connectivity index (χ0n) is 16.6. The van der Waals surface area contributed by atoms with Crippen LogP contribution in [-0.2, 0) is 0 Å². The second kappa shape index (κ2) is 10.7. The van der Waals surface area contributed by atoms with E-state index < -0.39 is 0 Å². The number of hydrogen-bond acceptors (Lipinski definition) is 4. The summed E-state index contributed by atoms with van der Waals surface area (Å²) in [4.78, 5) is 22.3. The van der Waals surface area contributed by atoms with E-state index in [0.717, 1.165) is 39.9 Å². The number of carbonyl (C=O) groups is 1. The lowest BCUT2D eigenvalue weighted by Gasteiger charge is -2.25. The first-order valence-corrected chi connectivity index (χ1v) is 11.3. The van der Waals surface area contributed by atoms with E-state index in [0.29, 0.717) is 22.3 Å². The van der Waals surface area contributed by atoms with Crippen molar-refractivity contribution in [3.05, 3.63) is 57.0 Å². The number of hydrogen-bond donors (Lipinski definition) is 0. The SMILES string of the molecule is CCN(CC)CCN(C(=O)c1ccccc1Br)c1nc2c(C)cc(Cl)cc2s1.Cl. The van der Waals surface area contributed by atoms with Gasteiger partial charge >= 0.3 is 0 Å². The van der Waals surface area contributed by atoms with Crippen molar-refractivity contribution in [1.29, 1.82) is 0 Å². The Balaban J connectivity index is 0.00000300. The highest BCUT2D eigenvalue weighted by Gasteiger charge is 2.23. The van der Waals surface area contributed by atoms with E-state index in [-0.39, 0.29) is 18.3 Å². The van der Waals surface area contributed by atoms with E-state index in [1.165, 1.54) is 11.3 Å². The van der Waals surface area contributed by atoms with Crippen LogP contribution in [0.15, 0.2) is 40.9 Å². The topological polar surface area (TPSA) is 36.4 Å². The number of fused-ring (bicyclic) bond motifs is 1. The fourth-order valence-corrected chi connectivity index (χ4v) is 5.00. The van der Waals surface area contributed by atoms with Gasteiger partial charge in [0.25, 0.3) is 5.91 Å². The van der Waals surface area contributed by atoms with Crippen molar-refractivity contribution in [2.75, 3.05) is 31.1 Å². The molecular formula is C21H24BrCl2N3OS. The molecule has 0 spiro atoms. The molecule has 8 heteroatoms.